The Morgan fingerprint density at radius 2 is 2.17 bits per heavy atom. The molecule has 1 aromatic rings. The molecule has 0 radical (unpaired) electrons. The van der Waals surface area contributed by atoms with Gasteiger partial charge in [-0.05, 0) is 25.1 Å². The number of oxime groups is 1. The standard InChI is InChI=1S/C11H13F2N3O2/c1-2-16(6-10(14)15-18)11(17)8-5-7(12)3-4-9(8)13/h3-5,18H,2,6H2,1H3,(H2,14,15). The molecule has 0 saturated heterocycles. The smallest absolute Gasteiger partial charge is 0.257 e. The number of nitrogens with two attached hydrogens (primary N) is 1. The van der Waals surface area contributed by atoms with Crippen molar-refractivity contribution in [2.24, 2.45) is 10.9 Å². The zero-order chi connectivity index (χ0) is 13.7. The first-order valence-electron chi connectivity index (χ1n) is 5.20. The highest BCUT2D eigenvalue weighted by Gasteiger charge is 2.19. The second-order valence-electron chi connectivity index (χ2n) is 3.53. The Bertz CT molecular complexity index is 477. The number of likely N-dealkylation sites (N-methyl/N-ethyl adjacent to an activating group) is 1. The molecule has 0 unspecified atom stereocenters. The first-order valence-corrected chi connectivity index (χ1v) is 5.20. The van der Waals surface area contributed by atoms with Gasteiger partial charge in [-0.2, -0.15) is 0 Å². The summed E-state index contributed by atoms with van der Waals surface area (Å²) in [6.45, 7) is 1.69. The van der Waals surface area contributed by atoms with E-state index in [0.29, 0.717) is 0 Å². The van der Waals surface area contributed by atoms with Crippen molar-refractivity contribution in [3.63, 3.8) is 0 Å². The van der Waals surface area contributed by atoms with E-state index in [9.17, 15) is 13.6 Å². The van der Waals surface area contributed by atoms with Gasteiger partial charge in [-0.15, -0.1) is 0 Å². The van der Waals surface area contributed by atoms with Crippen LogP contribution in [-0.4, -0.2) is 34.9 Å². The molecule has 98 valence electrons. The summed E-state index contributed by atoms with van der Waals surface area (Å²) in [5.74, 6) is -2.44. The highest BCUT2D eigenvalue weighted by molar-refractivity contribution is 5.97. The third-order valence-electron chi connectivity index (χ3n) is 2.31. The quantitative estimate of drug-likeness (QED) is 0.368. The van der Waals surface area contributed by atoms with Gasteiger partial charge >= 0.3 is 0 Å². The van der Waals surface area contributed by atoms with Crippen LogP contribution in [0.5, 0.6) is 0 Å². The van der Waals surface area contributed by atoms with Crippen molar-refractivity contribution >= 4 is 11.7 Å². The number of carbonyl (C=O) groups excluding carboxylic acids is 1. The Morgan fingerprint density at radius 3 is 2.72 bits per heavy atom. The Morgan fingerprint density at radius 1 is 1.50 bits per heavy atom. The van der Waals surface area contributed by atoms with Crippen molar-refractivity contribution < 1.29 is 18.8 Å². The Hall–Kier alpha value is -2.18. The fourth-order valence-corrected chi connectivity index (χ4v) is 1.39. The molecular formula is C11H13F2N3O2. The average molecular weight is 257 g/mol. The number of amides is 1. The Balaban J connectivity index is 3.00. The highest BCUT2D eigenvalue weighted by Crippen LogP contribution is 2.12. The normalized spacial score (nSPS) is 11.4. The van der Waals surface area contributed by atoms with E-state index in [1.54, 1.807) is 6.92 Å². The largest absolute Gasteiger partial charge is 0.409 e. The molecule has 5 nitrogen and oxygen atoms in total. The molecule has 0 aliphatic heterocycles. The van der Waals surface area contributed by atoms with E-state index in [2.05, 4.69) is 5.16 Å². The fourth-order valence-electron chi connectivity index (χ4n) is 1.39. The van der Waals surface area contributed by atoms with Crippen molar-refractivity contribution in [2.45, 2.75) is 6.92 Å². The molecule has 0 aliphatic carbocycles. The molecule has 0 bridgehead atoms. The predicted molar refractivity (Wildman–Crippen MR) is 61.3 cm³/mol. The fraction of sp³-hybridized carbons (Fsp3) is 0.273. The molecule has 18 heavy (non-hydrogen) atoms. The summed E-state index contributed by atoms with van der Waals surface area (Å²) >= 11 is 0. The van der Waals surface area contributed by atoms with E-state index in [1.165, 1.54) is 0 Å². The van der Waals surface area contributed by atoms with E-state index in [1.807, 2.05) is 0 Å². The van der Waals surface area contributed by atoms with E-state index in [-0.39, 0.29) is 24.5 Å². The maximum Gasteiger partial charge on any atom is 0.257 e. The number of carbonyl (C=O) groups is 1. The molecule has 1 amide bonds. The van der Waals surface area contributed by atoms with Crippen LogP contribution in [0, 0.1) is 11.6 Å². The Kier molecular flexibility index (Phi) is 4.59. The molecule has 0 aromatic heterocycles. The van der Waals surface area contributed by atoms with Crippen molar-refractivity contribution in [2.75, 3.05) is 13.1 Å². The number of hydrogen-bond donors (Lipinski definition) is 2. The van der Waals surface area contributed by atoms with Gasteiger partial charge in [-0.3, -0.25) is 4.79 Å². The van der Waals surface area contributed by atoms with E-state index < -0.39 is 17.5 Å². The predicted octanol–water partition coefficient (Wildman–Crippen LogP) is 1.17. The first kappa shape index (κ1) is 13.9. The summed E-state index contributed by atoms with van der Waals surface area (Å²) in [5.41, 5.74) is 4.89. The van der Waals surface area contributed by atoms with Gasteiger partial charge < -0.3 is 15.8 Å². The summed E-state index contributed by atoms with van der Waals surface area (Å²) in [5, 5.41) is 11.1. The summed E-state index contributed by atoms with van der Waals surface area (Å²) in [6, 6.07) is 2.61. The molecule has 0 heterocycles. The molecule has 7 heteroatoms. The number of amidine groups is 1. The van der Waals surface area contributed by atoms with Gasteiger partial charge in [0.2, 0.25) is 0 Å². The number of nitrogens with zero attached hydrogens (tertiary/aromatic N) is 2. The van der Waals surface area contributed by atoms with E-state index in [4.69, 9.17) is 10.9 Å². The average Bonchev–Trinajstić information content (AvgIpc) is 2.37. The minimum absolute atomic E-state index is 0.165. The van der Waals surface area contributed by atoms with Gasteiger partial charge in [-0.25, -0.2) is 8.78 Å². The van der Waals surface area contributed by atoms with E-state index in [0.717, 1.165) is 23.1 Å². The van der Waals surface area contributed by atoms with Crippen LogP contribution in [0.2, 0.25) is 0 Å². The second-order valence-corrected chi connectivity index (χ2v) is 3.53. The van der Waals surface area contributed by atoms with Crippen LogP contribution in [-0.2, 0) is 0 Å². The zero-order valence-corrected chi connectivity index (χ0v) is 9.73. The molecule has 1 rings (SSSR count). The van der Waals surface area contributed by atoms with Crippen LogP contribution in [0.3, 0.4) is 0 Å². The lowest BCUT2D eigenvalue weighted by atomic mass is 10.1. The lowest BCUT2D eigenvalue weighted by Crippen LogP contribution is -2.38. The molecule has 0 fully saturated rings. The number of halogens is 2. The molecule has 0 spiro atoms. The molecule has 0 atom stereocenters. The maximum absolute atomic E-state index is 13.4. The van der Waals surface area contributed by atoms with Gasteiger partial charge in [-0.1, -0.05) is 5.16 Å². The number of hydrogen-bond acceptors (Lipinski definition) is 3. The topological polar surface area (TPSA) is 78.9 Å². The van der Waals surface area contributed by atoms with Crippen LogP contribution < -0.4 is 5.73 Å². The first-order chi connectivity index (χ1) is 8.49. The van der Waals surface area contributed by atoms with Crippen molar-refractivity contribution in [1.29, 1.82) is 0 Å². The molecule has 0 saturated carbocycles. The number of rotatable bonds is 4. The van der Waals surface area contributed by atoms with Crippen molar-refractivity contribution in [3.05, 3.63) is 35.4 Å². The Labute approximate surface area is 102 Å². The van der Waals surface area contributed by atoms with Gasteiger partial charge in [0.05, 0.1) is 12.1 Å². The van der Waals surface area contributed by atoms with Crippen LogP contribution in [0.1, 0.15) is 17.3 Å². The van der Waals surface area contributed by atoms with Crippen LogP contribution >= 0.6 is 0 Å². The SMILES string of the molecule is CCN(C/C(N)=N/O)C(=O)c1cc(F)ccc1F. The molecule has 1 aromatic carbocycles. The second kappa shape index (κ2) is 5.95. The van der Waals surface area contributed by atoms with Crippen LogP contribution in [0.15, 0.2) is 23.4 Å². The lowest BCUT2D eigenvalue weighted by molar-refractivity contribution is 0.0781. The summed E-state index contributed by atoms with van der Waals surface area (Å²) < 4.78 is 26.4. The molecule has 0 aliphatic rings. The zero-order valence-electron chi connectivity index (χ0n) is 9.73. The van der Waals surface area contributed by atoms with Crippen LogP contribution in [0.25, 0.3) is 0 Å². The summed E-state index contributed by atoms with van der Waals surface area (Å²) in [7, 11) is 0. The molecular weight excluding hydrogens is 244 g/mol. The third-order valence-corrected chi connectivity index (χ3v) is 2.31. The third kappa shape index (κ3) is 3.16. The highest BCUT2D eigenvalue weighted by atomic mass is 19.1. The minimum Gasteiger partial charge on any atom is -0.409 e. The van der Waals surface area contributed by atoms with Gasteiger partial charge in [0, 0.05) is 6.54 Å². The van der Waals surface area contributed by atoms with E-state index >= 15 is 0 Å². The minimum atomic E-state index is -0.820. The van der Waals surface area contributed by atoms with Crippen LogP contribution in [0.4, 0.5) is 8.78 Å². The number of benzene rings is 1. The van der Waals surface area contributed by atoms with Gasteiger partial charge in [0.25, 0.3) is 5.91 Å². The van der Waals surface area contributed by atoms with Crippen molar-refractivity contribution in [1.82, 2.24) is 4.90 Å². The molecule has 3 N–H and O–H groups in total. The lowest BCUT2D eigenvalue weighted by Gasteiger charge is -2.20. The maximum atomic E-state index is 13.4. The van der Waals surface area contributed by atoms with Crippen molar-refractivity contribution in [3.8, 4) is 0 Å². The summed E-state index contributed by atoms with van der Waals surface area (Å²) in [4.78, 5) is 13.1. The monoisotopic (exact) mass is 257 g/mol. The van der Waals surface area contributed by atoms with Gasteiger partial charge in [0.1, 0.15) is 11.6 Å². The van der Waals surface area contributed by atoms with Gasteiger partial charge in [0.15, 0.2) is 5.84 Å². The summed E-state index contributed by atoms with van der Waals surface area (Å²) in [6.07, 6.45) is 0.